The van der Waals surface area contributed by atoms with Gasteiger partial charge in [-0.25, -0.2) is 0 Å². The van der Waals surface area contributed by atoms with Crippen molar-refractivity contribution in [2.45, 2.75) is 57.5 Å². The smallest absolute Gasteiger partial charge is 0.305 e. The fourth-order valence-corrected chi connectivity index (χ4v) is 4.12. The van der Waals surface area contributed by atoms with Crippen molar-refractivity contribution in [1.29, 1.82) is 0 Å². The number of esters is 1. The third-order valence-electron chi connectivity index (χ3n) is 5.93. The molecule has 3 rings (SSSR count). The van der Waals surface area contributed by atoms with E-state index in [9.17, 15) is 19.5 Å². The molecule has 2 heterocycles. The first-order chi connectivity index (χ1) is 15.1. The predicted octanol–water partition coefficient (Wildman–Crippen LogP) is 2.12. The molecule has 2 amide bonds. The number of carbonyl (C=O) groups excluding carboxylic acids is 3. The van der Waals surface area contributed by atoms with Crippen LogP contribution in [0.1, 0.15) is 49.7 Å². The Kier molecular flexibility index (Phi) is 8.64. The van der Waals surface area contributed by atoms with Crippen LogP contribution in [0.3, 0.4) is 0 Å². The molecule has 0 bridgehead atoms. The second-order valence-corrected chi connectivity index (χ2v) is 8.20. The highest BCUT2D eigenvalue weighted by Crippen LogP contribution is 2.25. The fraction of sp³-hybridized carbons (Fsp3) is 0.542. The van der Waals surface area contributed by atoms with Crippen molar-refractivity contribution in [3.8, 4) is 0 Å². The first-order valence-electron chi connectivity index (χ1n) is 11.1. The predicted molar refractivity (Wildman–Crippen MR) is 116 cm³/mol. The van der Waals surface area contributed by atoms with Gasteiger partial charge in [0.15, 0.2) is 0 Å². The molecule has 0 fully saturated rings. The summed E-state index contributed by atoms with van der Waals surface area (Å²) in [7, 11) is 0. The van der Waals surface area contributed by atoms with Crippen molar-refractivity contribution in [3.63, 3.8) is 0 Å². The number of nitrogens with one attached hydrogen (secondary N) is 1. The average Bonchev–Trinajstić information content (AvgIpc) is 2.78. The quantitative estimate of drug-likeness (QED) is 0.568. The van der Waals surface area contributed by atoms with Gasteiger partial charge in [0.2, 0.25) is 11.8 Å². The second-order valence-electron chi connectivity index (χ2n) is 8.20. The number of carbonyl (C=O) groups is 3. The zero-order valence-electron chi connectivity index (χ0n) is 17.9. The van der Waals surface area contributed by atoms with Crippen LogP contribution >= 0.6 is 0 Å². The average molecular weight is 429 g/mol. The lowest BCUT2D eigenvalue weighted by atomic mass is 9.92. The van der Waals surface area contributed by atoms with Crippen LogP contribution in [0.4, 0.5) is 0 Å². The topological polar surface area (TPSA) is 95.9 Å². The number of amides is 2. The molecule has 0 aromatic heterocycles. The Morgan fingerprint density at radius 2 is 1.97 bits per heavy atom. The van der Waals surface area contributed by atoms with Gasteiger partial charge in [0.25, 0.3) is 0 Å². The maximum atomic E-state index is 13.2. The van der Waals surface area contributed by atoms with Crippen molar-refractivity contribution < 1.29 is 24.2 Å². The molecule has 1 aromatic carbocycles. The Labute approximate surface area is 183 Å². The molecule has 1 aromatic rings. The summed E-state index contributed by atoms with van der Waals surface area (Å²) in [6.45, 7) is 0.703. The molecule has 2 aliphatic rings. The highest BCUT2D eigenvalue weighted by molar-refractivity contribution is 5.86. The van der Waals surface area contributed by atoms with Gasteiger partial charge in [0, 0.05) is 19.4 Å². The van der Waals surface area contributed by atoms with Crippen LogP contribution < -0.4 is 5.32 Å². The summed E-state index contributed by atoms with van der Waals surface area (Å²) in [5.41, 5.74) is 2.23. The van der Waals surface area contributed by atoms with Crippen molar-refractivity contribution in [2.24, 2.45) is 5.92 Å². The number of aliphatic hydroxyl groups excluding tert-OH is 1. The molecule has 31 heavy (non-hydrogen) atoms. The zero-order chi connectivity index (χ0) is 22.1. The number of aliphatic hydroxyl groups is 1. The maximum absolute atomic E-state index is 13.2. The van der Waals surface area contributed by atoms with Crippen LogP contribution in [-0.4, -0.2) is 53.6 Å². The van der Waals surface area contributed by atoms with Gasteiger partial charge in [0.05, 0.1) is 25.1 Å². The maximum Gasteiger partial charge on any atom is 0.305 e. The first-order valence-corrected chi connectivity index (χ1v) is 11.1. The molecule has 7 heteroatoms. The van der Waals surface area contributed by atoms with E-state index < -0.39 is 5.92 Å². The van der Waals surface area contributed by atoms with E-state index in [1.54, 1.807) is 4.90 Å². The van der Waals surface area contributed by atoms with Crippen molar-refractivity contribution in [2.75, 3.05) is 19.8 Å². The Morgan fingerprint density at radius 3 is 2.77 bits per heavy atom. The van der Waals surface area contributed by atoms with Gasteiger partial charge < -0.3 is 20.1 Å². The van der Waals surface area contributed by atoms with Crippen molar-refractivity contribution in [1.82, 2.24) is 10.2 Å². The molecular weight excluding hydrogens is 396 g/mol. The standard InChI is InChI=1S/C24H32N2O5/c27-17-21-14-18-8-6-7-10-20(18)16-26(21)22(28)15-19-9-4-2-1-3-5-11-23(29)31-13-12-25-24(19)30/h2,4,6-8,10,19,21,27H,1,3,5,9,11-17H2,(H,25,30). The molecule has 2 N–H and O–H groups in total. The molecule has 0 aliphatic carbocycles. The van der Waals surface area contributed by atoms with Crippen LogP contribution in [0.25, 0.3) is 0 Å². The summed E-state index contributed by atoms with van der Waals surface area (Å²) in [5.74, 6) is -1.10. The minimum atomic E-state index is -0.501. The third-order valence-corrected chi connectivity index (χ3v) is 5.93. The SMILES string of the molecule is O=C1CCCCC=CCC(CC(=O)N2Cc3ccccc3CC2CO)C(=O)NCCO1. The number of hydrogen-bond donors (Lipinski definition) is 2. The summed E-state index contributed by atoms with van der Waals surface area (Å²) in [6.07, 6.45) is 8.01. The zero-order valence-corrected chi connectivity index (χ0v) is 17.9. The number of rotatable bonds is 3. The van der Waals surface area contributed by atoms with E-state index in [0.717, 1.165) is 30.4 Å². The third kappa shape index (κ3) is 6.66. The molecule has 0 saturated carbocycles. The summed E-state index contributed by atoms with van der Waals surface area (Å²) in [6, 6.07) is 7.67. The van der Waals surface area contributed by atoms with E-state index in [2.05, 4.69) is 5.32 Å². The normalized spacial score (nSPS) is 23.3. The summed E-state index contributed by atoms with van der Waals surface area (Å²) in [5, 5.41) is 12.6. The highest BCUT2D eigenvalue weighted by Gasteiger charge is 2.31. The first kappa shape index (κ1) is 23.0. The number of ether oxygens (including phenoxy) is 1. The summed E-state index contributed by atoms with van der Waals surface area (Å²) in [4.78, 5) is 39.2. The van der Waals surface area contributed by atoms with Gasteiger partial charge in [-0.1, -0.05) is 36.4 Å². The molecule has 0 saturated heterocycles. The minimum absolute atomic E-state index is 0.0780. The molecular formula is C24H32N2O5. The van der Waals surface area contributed by atoms with Crippen LogP contribution in [0, 0.1) is 5.92 Å². The Balaban J connectivity index is 1.66. The molecule has 0 radical (unpaired) electrons. The molecule has 2 unspecified atom stereocenters. The molecule has 2 atom stereocenters. The van der Waals surface area contributed by atoms with E-state index in [0.29, 0.717) is 25.8 Å². The molecule has 168 valence electrons. The van der Waals surface area contributed by atoms with Gasteiger partial charge in [0.1, 0.15) is 6.61 Å². The van der Waals surface area contributed by atoms with Gasteiger partial charge in [-0.05, 0) is 43.2 Å². The number of benzene rings is 1. The molecule has 2 aliphatic heterocycles. The number of nitrogens with zero attached hydrogens (tertiary/aromatic N) is 1. The Morgan fingerprint density at radius 1 is 1.16 bits per heavy atom. The van der Waals surface area contributed by atoms with Gasteiger partial charge in [-0.2, -0.15) is 0 Å². The number of cyclic esters (lactones) is 1. The van der Waals surface area contributed by atoms with E-state index >= 15 is 0 Å². The second kappa shape index (κ2) is 11.6. The van der Waals surface area contributed by atoms with E-state index in [1.807, 2.05) is 36.4 Å². The van der Waals surface area contributed by atoms with E-state index in [4.69, 9.17) is 4.74 Å². The highest BCUT2D eigenvalue weighted by atomic mass is 16.5. The summed E-state index contributed by atoms with van der Waals surface area (Å²) < 4.78 is 5.13. The molecule has 0 spiro atoms. The monoisotopic (exact) mass is 428 g/mol. The lowest BCUT2D eigenvalue weighted by Gasteiger charge is -2.36. The van der Waals surface area contributed by atoms with Crippen molar-refractivity contribution in [3.05, 3.63) is 47.5 Å². The lowest BCUT2D eigenvalue weighted by molar-refractivity contribution is -0.144. The number of allylic oxidation sites excluding steroid dienone is 2. The lowest BCUT2D eigenvalue weighted by Crippen LogP contribution is -2.47. The van der Waals surface area contributed by atoms with Gasteiger partial charge in [-0.3, -0.25) is 14.4 Å². The Hall–Kier alpha value is -2.67. The summed E-state index contributed by atoms with van der Waals surface area (Å²) >= 11 is 0. The van der Waals surface area contributed by atoms with Gasteiger partial charge in [-0.15, -0.1) is 0 Å². The van der Waals surface area contributed by atoms with Crippen LogP contribution in [0.2, 0.25) is 0 Å². The van der Waals surface area contributed by atoms with Crippen LogP contribution in [0.5, 0.6) is 0 Å². The number of fused-ring (bicyclic) bond motifs is 1. The Bertz CT molecular complexity index is 807. The van der Waals surface area contributed by atoms with Gasteiger partial charge >= 0.3 is 5.97 Å². The van der Waals surface area contributed by atoms with Crippen molar-refractivity contribution >= 4 is 17.8 Å². The number of hydrogen-bond acceptors (Lipinski definition) is 5. The van der Waals surface area contributed by atoms with Crippen LogP contribution in [0.15, 0.2) is 36.4 Å². The largest absolute Gasteiger partial charge is 0.464 e. The molecule has 7 nitrogen and oxygen atoms in total. The van der Waals surface area contributed by atoms with Crippen LogP contribution in [-0.2, 0) is 32.1 Å². The van der Waals surface area contributed by atoms with E-state index in [1.165, 1.54) is 0 Å². The minimum Gasteiger partial charge on any atom is -0.464 e. The fourth-order valence-electron chi connectivity index (χ4n) is 4.12. The van der Waals surface area contributed by atoms with E-state index in [-0.39, 0.29) is 50.0 Å².